The molecule has 3 N–H and O–H groups in total. The highest BCUT2D eigenvalue weighted by atomic mass is 19.1. The van der Waals surface area contributed by atoms with Gasteiger partial charge in [-0.3, -0.25) is 5.10 Å². The highest BCUT2D eigenvalue weighted by Crippen LogP contribution is 2.23. The Labute approximate surface area is 109 Å². The molecule has 5 heteroatoms. The second-order valence-electron chi connectivity index (χ2n) is 4.11. The molecule has 3 rings (SSSR count). The number of benzene rings is 2. The summed E-state index contributed by atoms with van der Waals surface area (Å²) < 4.78 is 13.8. The summed E-state index contributed by atoms with van der Waals surface area (Å²) in [4.78, 5) is 4.29. The summed E-state index contributed by atoms with van der Waals surface area (Å²) in [6.45, 7) is 0. The predicted molar refractivity (Wildman–Crippen MR) is 71.6 cm³/mol. The van der Waals surface area contributed by atoms with Crippen molar-refractivity contribution in [3.63, 3.8) is 0 Å². The lowest BCUT2D eigenvalue weighted by molar-refractivity contribution is 0.630. The number of nitrogens with one attached hydrogen (secondary N) is 1. The highest BCUT2D eigenvalue weighted by molar-refractivity contribution is 5.63. The van der Waals surface area contributed by atoms with E-state index in [1.807, 2.05) is 30.3 Å². The number of hydrogen-bond donors (Lipinski definition) is 2. The van der Waals surface area contributed by atoms with Crippen molar-refractivity contribution in [2.24, 2.45) is 0 Å². The zero-order valence-electron chi connectivity index (χ0n) is 9.97. The van der Waals surface area contributed by atoms with Crippen LogP contribution in [0.4, 0.5) is 10.1 Å². The number of anilines is 1. The number of nitrogen functional groups attached to an aromatic ring is 1. The van der Waals surface area contributed by atoms with Crippen LogP contribution in [0, 0.1) is 5.82 Å². The van der Waals surface area contributed by atoms with Gasteiger partial charge in [0.2, 0.25) is 0 Å². The molecule has 0 aliphatic heterocycles. The van der Waals surface area contributed by atoms with Gasteiger partial charge in [-0.15, -0.1) is 0 Å². The van der Waals surface area contributed by atoms with Crippen molar-refractivity contribution in [3.05, 3.63) is 54.3 Å². The monoisotopic (exact) mass is 254 g/mol. The SMILES string of the molecule is Nc1ccc(-c2nc(-c3ccccc3)n[nH]2)c(F)c1. The Morgan fingerprint density at radius 1 is 1.05 bits per heavy atom. The van der Waals surface area contributed by atoms with Crippen LogP contribution in [0.3, 0.4) is 0 Å². The van der Waals surface area contributed by atoms with Gasteiger partial charge < -0.3 is 5.73 Å². The van der Waals surface area contributed by atoms with E-state index in [0.29, 0.717) is 22.9 Å². The van der Waals surface area contributed by atoms with E-state index in [2.05, 4.69) is 15.2 Å². The van der Waals surface area contributed by atoms with Gasteiger partial charge in [-0.05, 0) is 18.2 Å². The third-order valence-electron chi connectivity index (χ3n) is 2.77. The molecule has 19 heavy (non-hydrogen) atoms. The molecular weight excluding hydrogens is 243 g/mol. The Morgan fingerprint density at radius 3 is 2.58 bits per heavy atom. The van der Waals surface area contributed by atoms with Crippen molar-refractivity contribution in [1.29, 1.82) is 0 Å². The van der Waals surface area contributed by atoms with Gasteiger partial charge in [-0.2, -0.15) is 5.10 Å². The molecule has 4 nitrogen and oxygen atoms in total. The molecule has 0 saturated carbocycles. The fraction of sp³-hybridized carbons (Fsp3) is 0. The number of rotatable bonds is 2. The number of hydrogen-bond acceptors (Lipinski definition) is 3. The average molecular weight is 254 g/mol. The largest absolute Gasteiger partial charge is 0.399 e. The van der Waals surface area contributed by atoms with E-state index in [1.54, 1.807) is 12.1 Å². The highest BCUT2D eigenvalue weighted by Gasteiger charge is 2.11. The molecule has 0 radical (unpaired) electrons. The summed E-state index contributed by atoms with van der Waals surface area (Å²) in [7, 11) is 0. The fourth-order valence-electron chi connectivity index (χ4n) is 1.82. The Bertz CT molecular complexity index is 706. The average Bonchev–Trinajstić information content (AvgIpc) is 2.89. The van der Waals surface area contributed by atoms with Crippen LogP contribution in [-0.4, -0.2) is 15.2 Å². The number of H-pyrrole nitrogens is 1. The molecule has 0 saturated heterocycles. The lowest BCUT2D eigenvalue weighted by Gasteiger charge is -1.99. The molecule has 0 bridgehead atoms. The second kappa shape index (κ2) is 4.53. The molecule has 0 unspecified atom stereocenters. The normalized spacial score (nSPS) is 10.6. The quantitative estimate of drug-likeness (QED) is 0.691. The van der Waals surface area contributed by atoms with Crippen molar-refractivity contribution in [2.45, 2.75) is 0 Å². The zero-order valence-corrected chi connectivity index (χ0v) is 9.97. The number of aromatic amines is 1. The smallest absolute Gasteiger partial charge is 0.181 e. The van der Waals surface area contributed by atoms with Gasteiger partial charge in [0.25, 0.3) is 0 Å². The lowest BCUT2D eigenvalue weighted by Crippen LogP contribution is -1.90. The summed E-state index contributed by atoms with van der Waals surface area (Å²) in [6.07, 6.45) is 0. The van der Waals surface area contributed by atoms with E-state index < -0.39 is 5.82 Å². The van der Waals surface area contributed by atoms with Crippen LogP contribution >= 0.6 is 0 Å². The molecule has 1 aromatic heterocycles. The predicted octanol–water partition coefficient (Wildman–Crippen LogP) is 2.86. The van der Waals surface area contributed by atoms with Crippen LogP contribution in [0.2, 0.25) is 0 Å². The summed E-state index contributed by atoms with van der Waals surface area (Å²) in [5, 5.41) is 6.83. The van der Waals surface area contributed by atoms with Crippen molar-refractivity contribution in [1.82, 2.24) is 15.2 Å². The van der Waals surface area contributed by atoms with Gasteiger partial charge in [-0.25, -0.2) is 9.37 Å². The first-order chi connectivity index (χ1) is 9.24. The number of nitrogens with two attached hydrogens (primary N) is 1. The third kappa shape index (κ3) is 2.18. The van der Waals surface area contributed by atoms with Crippen LogP contribution in [0.25, 0.3) is 22.8 Å². The van der Waals surface area contributed by atoms with Gasteiger partial charge in [0, 0.05) is 11.3 Å². The first kappa shape index (κ1) is 11.4. The molecule has 0 aliphatic carbocycles. The molecule has 0 aliphatic rings. The van der Waals surface area contributed by atoms with Gasteiger partial charge in [0.15, 0.2) is 11.6 Å². The van der Waals surface area contributed by atoms with E-state index in [-0.39, 0.29) is 0 Å². The molecule has 0 amide bonds. The van der Waals surface area contributed by atoms with Crippen molar-refractivity contribution < 1.29 is 4.39 Å². The number of halogens is 1. The molecule has 0 fully saturated rings. The standard InChI is InChI=1S/C14H11FN4/c15-12-8-10(16)6-7-11(12)14-17-13(18-19-14)9-4-2-1-3-5-9/h1-8H,16H2,(H,17,18,19). The first-order valence-corrected chi connectivity index (χ1v) is 5.77. The van der Waals surface area contributed by atoms with Crippen LogP contribution in [0.1, 0.15) is 0 Å². The molecular formula is C14H11FN4. The summed E-state index contributed by atoms with van der Waals surface area (Å²) in [6, 6.07) is 14.0. The summed E-state index contributed by atoms with van der Waals surface area (Å²) in [5.41, 5.74) is 7.12. The molecule has 94 valence electrons. The Morgan fingerprint density at radius 2 is 1.84 bits per heavy atom. The minimum atomic E-state index is -0.421. The van der Waals surface area contributed by atoms with Gasteiger partial charge >= 0.3 is 0 Å². The van der Waals surface area contributed by atoms with Gasteiger partial charge in [-0.1, -0.05) is 30.3 Å². The van der Waals surface area contributed by atoms with Crippen LogP contribution in [0.15, 0.2) is 48.5 Å². The van der Waals surface area contributed by atoms with E-state index in [1.165, 1.54) is 6.07 Å². The Balaban J connectivity index is 2.02. The number of aromatic nitrogens is 3. The molecule has 1 heterocycles. The maximum Gasteiger partial charge on any atom is 0.181 e. The van der Waals surface area contributed by atoms with E-state index in [0.717, 1.165) is 5.56 Å². The lowest BCUT2D eigenvalue weighted by atomic mass is 10.2. The zero-order chi connectivity index (χ0) is 13.2. The third-order valence-corrected chi connectivity index (χ3v) is 2.77. The van der Waals surface area contributed by atoms with Crippen molar-refractivity contribution >= 4 is 5.69 Å². The molecule has 0 atom stereocenters. The second-order valence-corrected chi connectivity index (χ2v) is 4.11. The van der Waals surface area contributed by atoms with Crippen LogP contribution in [0.5, 0.6) is 0 Å². The van der Waals surface area contributed by atoms with E-state index >= 15 is 0 Å². The number of nitrogens with zero attached hydrogens (tertiary/aromatic N) is 2. The summed E-state index contributed by atoms with van der Waals surface area (Å²) >= 11 is 0. The van der Waals surface area contributed by atoms with Crippen molar-refractivity contribution in [2.75, 3.05) is 5.73 Å². The minimum Gasteiger partial charge on any atom is -0.399 e. The minimum absolute atomic E-state index is 0.351. The van der Waals surface area contributed by atoms with E-state index in [9.17, 15) is 4.39 Å². The van der Waals surface area contributed by atoms with Crippen LogP contribution in [-0.2, 0) is 0 Å². The van der Waals surface area contributed by atoms with Crippen molar-refractivity contribution in [3.8, 4) is 22.8 Å². The van der Waals surface area contributed by atoms with Gasteiger partial charge in [0.1, 0.15) is 5.82 Å². The maximum absolute atomic E-state index is 13.8. The Hall–Kier alpha value is -2.69. The maximum atomic E-state index is 13.8. The molecule has 0 spiro atoms. The van der Waals surface area contributed by atoms with Crippen LogP contribution < -0.4 is 5.73 Å². The first-order valence-electron chi connectivity index (χ1n) is 5.77. The van der Waals surface area contributed by atoms with Gasteiger partial charge in [0.05, 0.1) is 5.56 Å². The molecule has 3 aromatic rings. The summed E-state index contributed by atoms with van der Waals surface area (Å²) in [5.74, 6) is 0.499. The topological polar surface area (TPSA) is 67.6 Å². The fourth-order valence-corrected chi connectivity index (χ4v) is 1.82. The Kier molecular flexibility index (Phi) is 2.72. The van der Waals surface area contributed by atoms with E-state index in [4.69, 9.17) is 5.73 Å². The molecule has 2 aromatic carbocycles.